The van der Waals surface area contributed by atoms with Gasteiger partial charge in [-0.25, -0.2) is 0 Å². The summed E-state index contributed by atoms with van der Waals surface area (Å²) in [5.41, 5.74) is 9.46. The van der Waals surface area contributed by atoms with Gasteiger partial charge in [0, 0.05) is 36.6 Å². The number of nitriles is 1. The summed E-state index contributed by atoms with van der Waals surface area (Å²) in [6.45, 7) is 3.20. The summed E-state index contributed by atoms with van der Waals surface area (Å²) in [5.74, 6) is -0.914. The van der Waals surface area contributed by atoms with E-state index in [0.29, 0.717) is 59.9 Å². The van der Waals surface area contributed by atoms with Crippen molar-refractivity contribution in [3.05, 3.63) is 124 Å². The average molecular weight is 835 g/mol. The van der Waals surface area contributed by atoms with E-state index in [9.17, 15) is 25.1 Å². The van der Waals surface area contributed by atoms with Crippen LogP contribution in [0, 0.1) is 18.3 Å². The maximum Gasteiger partial charge on any atom is 0.306 e. The topological polar surface area (TPSA) is 204 Å². The van der Waals surface area contributed by atoms with E-state index in [1.807, 2.05) is 30.3 Å². The third-order valence-electron chi connectivity index (χ3n) is 10.3. The SMILES string of the molecule is Cc1c(-c2ccc(OCCNC[C@@H](O)CC(=O)O)cc2)cccc1-c1cccc2c1CC[C@@H]2Oc1nc(OCc2cncc(C#N)c2)c(CCC[C@@H](O)CC(=O)O)cc1Cl. The van der Waals surface area contributed by atoms with E-state index in [0.717, 1.165) is 39.8 Å². The normalized spacial score (nSPS) is 14.2. The highest BCUT2D eigenvalue weighted by molar-refractivity contribution is 6.31. The summed E-state index contributed by atoms with van der Waals surface area (Å²) < 4.78 is 18.6. The number of aromatic nitrogens is 2. The molecule has 2 heterocycles. The zero-order chi connectivity index (χ0) is 42.6. The van der Waals surface area contributed by atoms with Crippen LogP contribution in [-0.4, -0.2) is 74.2 Å². The number of rotatable bonds is 21. The van der Waals surface area contributed by atoms with Crippen LogP contribution in [0.2, 0.25) is 5.02 Å². The molecule has 5 aromatic rings. The molecule has 0 unspecified atom stereocenters. The Kier molecular flexibility index (Phi) is 15.1. The van der Waals surface area contributed by atoms with Gasteiger partial charge in [0.1, 0.15) is 36.2 Å². The third-order valence-corrected chi connectivity index (χ3v) is 10.5. The largest absolute Gasteiger partial charge is 0.492 e. The zero-order valence-corrected chi connectivity index (χ0v) is 33.9. The second-order valence-corrected chi connectivity index (χ2v) is 15.1. The Balaban J connectivity index is 1.16. The smallest absolute Gasteiger partial charge is 0.306 e. The first-order chi connectivity index (χ1) is 29.0. The predicted molar refractivity (Wildman–Crippen MR) is 224 cm³/mol. The molecular formula is C46H47ClN4O9. The molecular weight excluding hydrogens is 788 g/mol. The van der Waals surface area contributed by atoms with Crippen LogP contribution < -0.4 is 19.5 Å². The molecule has 6 rings (SSSR count). The number of benzene rings is 3. The number of pyridine rings is 2. The van der Waals surface area contributed by atoms with Gasteiger partial charge in [0.05, 0.1) is 30.6 Å². The number of aliphatic hydroxyl groups is 2. The number of ether oxygens (including phenoxy) is 3. The number of carbonyl (C=O) groups is 2. The minimum absolute atomic E-state index is 0.0835. The molecule has 0 radical (unpaired) electrons. The predicted octanol–water partition coefficient (Wildman–Crippen LogP) is 7.25. The Morgan fingerprint density at radius 3 is 2.43 bits per heavy atom. The van der Waals surface area contributed by atoms with Crippen LogP contribution in [-0.2, 0) is 29.0 Å². The number of aryl methyl sites for hydroxylation is 1. The second-order valence-electron chi connectivity index (χ2n) is 14.7. The van der Waals surface area contributed by atoms with E-state index in [2.05, 4.69) is 53.6 Å². The number of fused-ring (bicyclic) bond motifs is 1. The molecule has 3 atom stereocenters. The second kappa shape index (κ2) is 20.8. The quantitative estimate of drug-likeness (QED) is 0.0463. The third kappa shape index (κ3) is 11.6. The molecule has 2 aromatic heterocycles. The van der Waals surface area contributed by atoms with Crippen molar-refractivity contribution in [1.29, 1.82) is 5.26 Å². The molecule has 0 fully saturated rings. The number of carboxylic acid groups (broad SMARTS) is 2. The van der Waals surface area contributed by atoms with E-state index in [-0.39, 0.29) is 50.3 Å². The maximum atomic E-state index is 11.0. The van der Waals surface area contributed by atoms with Gasteiger partial charge < -0.3 is 40.0 Å². The summed E-state index contributed by atoms with van der Waals surface area (Å²) in [6, 6.07) is 25.9. The molecule has 0 amide bonds. The van der Waals surface area contributed by atoms with E-state index in [4.69, 9.17) is 41.0 Å². The van der Waals surface area contributed by atoms with Crippen molar-refractivity contribution in [1.82, 2.24) is 15.3 Å². The molecule has 60 heavy (non-hydrogen) atoms. The molecule has 0 spiro atoms. The van der Waals surface area contributed by atoms with E-state index in [1.165, 1.54) is 11.8 Å². The molecule has 312 valence electrons. The van der Waals surface area contributed by atoms with Crippen molar-refractivity contribution < 1.29 is 44.2 Å². The molecule has 0 aliphatic heterocycles. The first-order valence-electron chi connectivity index (χ1n) is 19.8. The Bertz CT molecular complexity index is 2330. The maximum absolute atomic E-state index is 11.0. The van der Waals surface area contributed by atoms with Crippen LogP contribution in [0.3, 0.4) is 0 Å². The van der Waals surface area contributed by atoms with Gasteiger partial charge in [0.15, 0.2) is 0 Å². The lowest BCUT2D eigenvalue weighted by molar-refractivity contribution is -0.140. The first-order valence-corrected chi connectivity index (χ1v) is 20.1. The lowest BCUT2D eigenvalue weighted by Crippen LogP contribution is -2.31. The number of hydrogen-bond acceptors (Lipinski definition) is 11. The molecule has 14 heteroatoms. The molecule has 0 saturated heterocycles. The summed E-state index contributed by atoms with van der Waals surface area (Å²) in [6.07, 6.45) is 2.81. The molecule has 3 aromatic carbocycles. The lowest BCUT2D eigenvalue weighted by atomic mass is 9.89. The van der Waals surface area contributed by atoms with Crippen molar-refractivity contribution in [2.24, 2.45) is 0 Å². The van der Waals surface area contributed by atoms with Crippen LogP contribution in [0.5, 0.6) is 17.5 Å². The average Bonchev–Trinajstić information content (AvgIpc) is 3.64. The van der Waals surface area contributed by atoms with Gasteiger partial charge in [-0.3, -0.25) is 14.6 Å². The molecule has 0 saturated carbocycles. The number of aliphatic carboxylic acids is 2. The van der Waals surface area contributed by atoms with Crippen molar-refractivity contribution >= 4 is 23.5 Å². The summed E-state index contributed by atoms with van der Waals surface area (Å²) in [7, 11) is 0. The summed E-state index contributed by atoms with van der Waals surface area (Å²) in [4.78, 5) is 30.6. The number of halogens is 1. The lowest BCUT2D eigenvalue weighted by Gasteiger charge is -2.19. The van der Waals surface area contributed by atoms with Gasteiger partial charge >= 0.3 is 11.9 Å². The summed E-state index contributed by atoms with van der Waals surface area (Å²) >= 11 is 6.82. The van der Waals surface area contributed by atoms with Crippen LogP contribution in [0.15, 0.2) is 85.2 Å². The molecule has 5 N–H and O–H groups in total. The van der Waals surface area contributed by atoms with Gasteiger partial charge in [0.2, 0.25) is 11.8 Å². The number of nitrogens with zero attached hydrogens (tertiary/aromatic N) is 3. The van der Waals surface area contributed by atoms with Crippen LogP contribution in [0.25, 0.3) is 22.3 Å². The minimum atomic E-state index is -1.07. The minimum Gasteiger partial charge on any atom is -0.492 e. The van der Waals surface area contributed by atoms with Gasteiger partial charge in [-0.2, -0.15) is 10.2 Å². The Morgan fingerprint density at radius 2 is 1.67 bits per heavy atom. The fourth-order valence-electron chi connectivity index (χ4n) is 7.37. The fraction of sp³-hybridized carbons (Fsp3) is 0.326. The highest BCUT2D eigenvalue weighted by Crippen LogP contribution is 2.43. The van der Waals surface area contributed by atoms with Gasteiger partial charge in [-0.1, -0.05) is 60.1 Å². The van der Waals surface area contributed by atoms with Crippen molar-refractivity contribution in [3.63, 3.8) is 0 Å². The zero-order valence-electron chi connectivity index (χ0n) is 33.1. The standard InChI is InChI=1S/C46H47ClN4O9/c1-28-36(31-11-13-35(14-12-31)58-18-17-49-26-34(53)22-44(56)57)7-3-8-37(28)38-9-4-10-40-39(38)15-16-42(40)60-46-41(47)20-32(5-2-6-33(52)21-43(54)55)45(51-46)59-27-30-19-29(23-48)24-50-25-30/h3-4,7-14,19-20,24-25,33-34,42,49,52-53H,2,5-6,15-18,21-22,26-27H2,1H3,(H,54,55)(H,56,57)/t33-,34+,42+/m1/s1. The Morgan fingerprint density at radius 1 is 0.933 bits per heavy atom. The Hall–Kier alpha value is -6.04. The first kappa shape index (κ1) is 43.5. The van der Waals surface area contributed by atoms with E-state index < -0.39 is 24.1 Å². The fourth-order valence-corrected chi connectivity index (χ4v) is 7.59. The summed E-state index contributed by atoms with van der Waals surface area (Å²) in [5, 5.41) is 50.3. The van der Waals surface area contributed by atoms with Gasteiger partial charge in [0.25, 0.3) is 0 Å². The monoisotopic (exact) mass is 834 g/mol. The molecule has 1 aliphatic carbocycles. The van der Waals surface area contributed by atoms with Crippen molar-refractivity contribution in [2.45, 2.75) is 76.8 Å². The van der Waals surface area contributed by atoms with Crippen molar-refractivity contribution in [3.8, 4) is 45.8 Å². The molecule has 1 aliphatic rings. The molecule has 13 nitrogen and oxygen atoms in total. The number of carboxylic acids is 2. The number of aliphatic hydroxyl groups excluding tert-OH is 2. The van der Waals surface area contributed by atoms with Gasteiger partial charge in [-0.05, 0) is 102 Å². The molecule has 0 bridgehead atoms. The highest BCUT2D eigenvalue weighted by Gasteiger charge is 2.29. The van der Waals surface area contributed by atoms with Crippen LogP contribution >= 0.6 is 11.6 Å². The van der Waals surface area contributed by atoms with E-state index in [1.54, 1.807) is 18.3 Å². The highest BCUT2D eigenvalue weighted by atomic mass is 35.5. The number of hydrogen-bond donors (Lipinski definition) is 5. The van der Waals surface area contributed by atoms with E-state index >= 15 is 0 Å². The van der Waals surface area contributed by atoms with Crippen molar-refractivity contribution in [2.75, 3.05) is 19.7 Å². The van der Waals surface area contributed by atoms with Crippen LogP contribution in [0.1, 0.15) is 71.6 Å². The Labute approximate surface area is 353 Å². The van der Waals surface area contributed by atoms with Gasteiger partial charge in [-0.15, -0.1) is 0 Å². The number of nitrogens with one attached hydrogen (secondary N) is 1. The van der Waals surface area contributed by atoms with Crippen LogP contribution in [0.4, 0.5) is 0 Å².